The third-order valence-corrected chi connectivity index (χ3v) is 6.12. The molecule has 6 nitrogen and oxygen atoms in total. The number of anilines is 1. The Labute approximate surface area is 159 Å². The molecule has 2 bridgehead atoms. The van der Waals surface area contributed by atoms with E-state index in [0.717, 1.165) is 23.3 Å². The van der Waals surface area contributed by atoms with Gasteiger partial charge in [-0.2, -0.15) is 5.10 Å². The topological polar surface area (TPSA) is 64.4 Å². The molecule has 0 spiro atoms. The van der Waals surface area contributed by atoms with Crippen molar-refractivity contribution >= 4 is 40.8 Å². The van der Waals surface area contributed by atoms with Gasteiger partial charge in [-0.3, -0.25) is 14.3 Å². The maximum Gasteiger partial charge on any atom is 0.241 e. The average Bonchev–Trinajstić information content (AvgIpc) is 3.35. The highest BCUT2D eigenvalue weighted by Crippen LogP contribution is 2.49. The Kier molecular flexibility index (Phi) is 3.64. The van der Waals surface area contributed by atoms with Crippen molar-refractivity contribution in [1.82, 2.24) is 9.78 Å². The molecule has 2 amide bonds. The first-order chi connectivity index (χ1) is 12.5. The van der Waals surface area contributed by atoms with Crippen LogP contribution in [0.1, 0.15) is 18.4 Å². The number of aromatic nitrogens is 2. The molecule has 134 valence electrons. The van der Waals surface area contributed by atoms with Gasteiger partial charge in [0.2, 0.25) is 11.8 Å². The number of ether oxygens (including phenoxy) is 1. The summed E-state index contributed by atoms with van der Waals surface area (Å²) in [6.07, 6.45) is 2.95. The van der Waals surface area contributed by atoms with Gasteiger partial charge >= 0.3 is 0 Å². The van der Waals surface area contributed by atoms with Crippen molar-refractivity contribution in [3.8, 4) is 0 Å². The number of imide groups is 1. The van der Waals surface area contributed by atoms with E-state index in [0.29, 0.717) is 11.6 Å². The number of halogens is 2. The molecule has 3 aliphatic heterocycles. The molecule has 5 rings (SSSR count). The van der Waals surface area contributed by atoms with Crippen LogP contribution in [0.15, 0.2) is 30.5 Å². The lowest BCUT2D eigenvalue weighted by Crippen LogP contribution is -2.34. The van der Waals surface area contributed by atoms with E-state index >= 15 is 0 Å². The van der Waals surface area contributed by atoms with E-state index in [2.05, 4.69) is 5.10 Å². The minimum Gasteiger partial charge on any atom is -0.373 e. The summed E-state index contributed by atoms with van der Waals surface area (Å²) in [5.41, 5.74) is 0.877. The molecule has 26 heavy (non-hydrogen) atoms. The van der Waals surface area contributed by atoms with Gasteiger partial charge in [-0.25, -0.2) is 4.90 Å². The molecule has 4 atom stereocenters. The van der Waals surface area contributed by atoms with E-state index in [1.165, 1.54) is 0 Å². The fourth-order valence-corrected chi connectivity index (χ4v) is 4.77. The maximum atomic E-state index is 12.9. The summed E-state index contributed by atoms with van der Waals surface area (Å²) in [4.78, 5) is 26.9. The van der Waals surface area contributed by atoms with Crippen molar-refractivity contribution in [2.45, 2.75) is 31.6 Å². The second kappa shape index (κ2) is 5.81. The second-order valence-electron chi connectivity index (χ2n) is 6.94. The Morgan fingerprint density at radius 3 is 2.35 bits per heavy atom. The summed E-state index contributed by atoms with van der Waals surface area (Å²) in [7, 11) is 0. The first-order valence-electron chi connectivity index (χ1n) is 8.54. The second-order valence-corrected chi connectivity index (χ2v) is 7.76. The normalized spacial score (nSPS) is 29.7. The Balaban J connectivity index is 1.46. The number of hydrogen-bond acceptors (Lipinski definition) is 4. The molecule has 0 radical (unpaired) electrons. The van der Waals surface area contributed by atoms with Gasteiger partial charge in [-0.05, 0) is 24.5 Å². The number of amides is 2. The standard InChI is InChI=1S/C18H15Cl2N3O3/c19-10-4-2-1-3-9(10)7-22-8-11(20)16(21-22)23-17(24)14-12-5-6-13(26-12)15(14)18(23)25/h1-4,8,12-15H,5-7H2/t12-,13+,14-,15-/m0/s1. The molecule has 0 saturated carbocycles. The Morgan fingerprint density at radius 2 is 1.69 bits per heavy atom. The fourth-order valence-electron chi connectivity index (χ4n) is 4.34. The molecule has 3 aliphatic rings. The molecule has 4 heterocycles. The quantitative estimate of drug-likeness (QED) is 0.754. The monoisotopic (exact) mass is 391 g/mol. The van der Waals surface area contributed by atoms with Gasteiger partial charge in [0.1, 0.15) is 5.02 Å². The third kappa shape index (κ3) is 2.25. The third-order valence-electron chi connectivity index (χ3n) is 5.49. The van der Waals surface area contributed by atoms with Crippen molar-refractivity contribution in [2.24, 2.45) is 11.8 Å². The number of benzene rings is 1. The number of carbonyl (C=O) groups is 2. The lowest BCUT2D eigenvalue weighted by Gasteiger charge is -2.15. The molecule has 2 aromatic rings. The number of nitrogens with zero attached hydrogens (tertiary/aromatic N) is 3. The lowest BCUT2D eigenvalue weighted by atomic mass is 9.81. The van der Waals surface area contributed by atoms with Gasteiger partial charge in [0, 0.05) is 11.2 Å². The minimum absolute atomic E-state index is 0.157. The maximum absolute atomic E-state index is 12.9. The predicted molar refractivity (Wildman–Crippen MR) is 95.2 cm³/mol. The van der Waals surface area contributed by atoms with Gasteiger partial charge in [-0.15, -0.1) is 0 Å². The van der Waals surface area contributed by atoms with Crippen LogP contribution in [-0.2, 0) is 20.9 Å². The van der Waals surface area contributed by atoms with E-state index in [1.807, 2.05) is 18.2 Å². The predicted octanol–water partition coefficient (Wildman–Crippen LogP) is 2.91. The van der Waals surface area contributed by atoms with Crippen LogP contribution in [0.25, 0.3) is 0 Å². The van der Waals surface area contributed by atoms with Crippen LogP contribution in [0, 0.1) is 11.8 Å². The summed E-state index contributed by atoms with van der Waals surface area (Å²) < 4.78 is 7.35. The van der Waals surface area contributed by atoms with Gasteiger partial charge in [-0.1, -0.05) is 41.4 Å². The summed E-state index contributed by atoms with van der Waals surface area (Å²) in [6, 6.07) is 7.43. The summed E-state index contributed by atoms with van der Waals surface area (Å²) in [5, 5.41) is 5.29. The van der Waals surface area contributed by atoms with Crippen molar-refractivity contribution in [3.05, 3.63) is 46.1 Å². The Morgan fingerprint density at radius 1 is 1.04 bits per heavy atom. The lowest BCUT2D eigenvalue weighted by molar-refractivity contribution is -0.124. The van der Waals surface area contributed by atoms with Crippen LogP contribution in [0.2, 0.25) is 10.0 Å². The Hall–Kier alpha value is -1.89. The first kappa shape index (κ1) is 16.3. The van der Waals surface area contributed by atoms with E-state index in [-0.39, 0.29) is 34.9 Å². The largest absolute Gasteiger partial charge is 0.373 e. The van der Waals surface area contributed by atoms with Crippen molar-refractivity contribution in [1.29, 1.82) is 0 Å². The van der Waals surface area contributed by atoms with Crippen LogP contribution in [0.3, 0.4) is 0 Å². The molecule has 8 heteroatoms. The van der Waals surface area contributed by atoms with Gasteiger partial charge in [0.15, 0.2) is 5.82 Å². The zero-order valence-electron chi connectivity index (χ0n) is 13.6. The van der Waals surface area contributed by atoms with Crippen LogP contribution >= 0.6 is 23.2 Å². The van der Waals surface area contributed by atoms with Gasteiger partial charge in [0.25, 0.3) is 0 Å². The molecular weight excluding hydrogens is 377 g/mol. The zero-order valence-corrected chi connectivity index (χ0v) is 15.2. The molecule has 1 aromatic heterocycles. The van der Waals surface area contributed by atoms with Crippen LogP contribution in [0.5, 0.6) is 0 Å². The van der Waals surface area contributed by atoms with E-state index in [9.17, 15) is 9.59 Å². The van der Waals surface area contributed by atoms with E-state index in [4.69, 9.17) is 27.9 Å². The highest BCUT2D eigenvalue weighted by molar-refractivity contribution is 6.35. The molecule has 0 aliphatic carbocycles. The number of rotatable bonds is 3. The zero-order chi connectivity index (χ0) is 18.0. The minimum atomic E-state index is -0.397. The van der Waals surface area contributed by atoms with Crippen LogP contribution < -0.4 is 4.90 Å². The highest BCUT2D eigenvalue weighted by atomic mass is 35.5. The molecule has 1 aromatic carbocycles. The first-order valence-corrected chi connectivity index (χ1v) is 9.30. The number of fused-ring (bicyclic) bond motifs is 5. The number of hydrogen-bond donors (Lipinski definition) is 0. The molecule has 3 saturated heterocycles. The molecular formula is C18H15Cl2N3O3. The Bertz CT molecular complexity index is 900. The molecule has 3 fully saturated rings. The van der Waals surface area contributed by atoms with Crippen molar-refractivity contribution in [2.75, 3.05) is 4.90 Å². The molecule has 0 unspecified atom stereocenters. The van der Waals surface area contributed by atoms with E-state index in [1.54, 1.807) is 16.9 Å². The fraction of sp³-hybridized carbons (Fsp3) is 0.389. The summed E-state index contributed by atoms with van der Waals surface area (Å²) in [6.45, 7) is 0.400. The van der Waals surface area contributed by atoms with Gasteiger partial charge in [0.05, 0.1) is 30.6 Å². The summed E-state index contributed by atoms with van der Waals surface area (Å²) >= 11 is 12.5. The van der Waals surface area contributed by atoms with Gasteiger partial charge < -0.3 is 4.74 Å². The van der Waals surface area contributed by atoms with Crippen molar-refractivity contribution < 1.29 is 14.3 Å². The van der Waals surface area contributed by atoms with Crippen molar-refractivity contribution in [3.63, 3.8) is 0 Å². The van der Waals surface area contributed by atoms with Crippen LogP contribution in [-0.4, -0.2) is 33.8 Å². The van der Waals surface area contributed by atoms with E-state index < -0.39 is 11.8 Å². The average molecular weight is 392 g/mol. The summed E-state index contributed by atoms with van der Waals surface area (Å²) in [5.74, 6) is -1.10. The SMILES string of the molecule is O=C1[C@@H]2[C@@H](C(=O)N1c1nn(Cc3ccccc3Cl)cc1Cl)[C@H]1CC[C@@H]2O1. The highest BCUT2D eigenvalue weighted by Gasteiger charge is 2.63. The van der Waals surface area contributed by atoms with Crippen LogP contribution in [0.4, 0.5) is 5.82 Å². The molecule has 0 N–H and O–H groups in total. The smallest absolute Gasteiger partial charge is 0.241 e. The number of carbonyl (C=O) groups excluding carboxylic acids is 2.